The SMILES string of the molecule is CC(C)CC(CO)NCc1csc(-c2cccc([N+](=O)[O-])c2)n1. The molecule has 0 amide bonds. The highest BCUT2D eigenvalue weighted by molar-refractivity contribution is 7.13. The third kappa shape index (κ3) is 5.09. The van der Waals surface area contributed by atoms with Crippen LogP contribution in [0, 0.1) is 16.0 Å². The van der Waals surface area contributed by atoms with Crippen LogP contribution < -0.4 is 5.32 Å². The Bertz CT molecular complexity index is 658. The first-order valence-corrected chi connectivity index (χ1v) is 8.41. The van der Waals surface area contributed by atoms with Gasteiger partial charge in [-0.2, -0.15) is 0 Å². The second kappa shape index (κ2) is 8.14. The van der Waals surface area contributed by atoms with E-state index in [-0.39, 0.29) is 18.3 Å². The van der Waals surface area contributed by atoms with Crippen molar-refractivity contribution in [1.82, 2.24) is 10.3 Å². The summed E-state index contributed by atoms with van der Waals surface area (Å²) in [6.45, 7) is 4.91. The molecule has 0 spiro atoms. The van der Waals surface area contributed by atoms with E-state index in [9.17, 15) is 15.2 Å². The number of non-ortho nitro benzene ring substituents is 1. The monoisotopic (exact) mass is 335 g/mol. The Hall–Kier alpha value is -1.83. The molecule has 6 nitrogen and oxygen atoms in total. The largest absolute Gasteiger partial charge is 0.395 e. The van der Waals surface area contributed by atoms with Gasteiger partial charge in [-0.1, -0.05) is 26.0 Å². The second-order valence-electron chi connectivity index (χ2n) is 5.84. The van der Waals surface area contributed by atoms with E-state index in [2.05, 4.69) is 24.1 Å². The molecule has 7 heteroatoms. The molecular weight excluding hydrogens is 314 g/mol. The number of hydrogen-bond donors (Lipinski definition) is 2. The van der Waals surface area contributed by atoms with Gasteiger partial charge in [0.05, 0.1) is 17.2 Å². The van der Waals surface area contributed by atoms with Gasteiger partial charge in [-0.25, -0.2) is 4.98 Å². The summed E-state index contributed by atoms with van der Waals surface area (Å²) in [6.07, 6.45) is 0.901. The molecule has 2 rings (SSSR count). The Morgan fingerprint density at radius 3 is 2.87 bits per heavy atom. The van der Waals surface area contributed by atoms with Crippen molar-refractivity contribution in [3.8, 4) is 10.6 Å². The number of nitro benzene ring substituents is 1. The highest BCUT2D eigenvalue weighted by Gasteiger charge is 2.12. The minimum Gasteiger partial charge on any atom is -0.395 e. The third-order valence-electron chi connectivity index (χ3n) is 3.40. The Morgan fingerprint density at radius 2 is 2.22 bits per heavy atom. The van der Waals surface area contributed by atoms with E-state index >= 15 is 0 Å². The van der Waals surface area contributed by atoms with E-state index in [4.69, 9.17) is 0 Å². The quantitative estimate of drug-likeness (QED) is 0.571. The summed E-state index contributed by atoms with van der Waals surface area (Å²) >= 11 is 1.46. The van der Waals surface area contributed by atoms with Crippen LogP contribution in [-0.4, -0.2) is 27.7 Å². The van der Waals surface area contributed by atoms with Crippen LogP contribution in [0.25, 0.3) is 10.6 Å². The van der Waals surface area contributed by atoms with Gasteiger partial charge in [0.2, 0.25) is 0 Å². The van der Waals surface area contributed by atoms with E-state index < -0.39 is 4.92 Å². The number of hydrogen-bond acceptors (Lipinski definition) is 6. The van der Waals surface area contributed by atoms with Crippen molar-refractivity contribution in [2.45, 2.75) is 32.9 Å². The maximum Gasteiger partial charge on any atom is 0.270 e. The molecule has 0 saturated heterocycles. The molecule has 124 valence electrons. The van der Waals surface area contributed by atoms with Crippen molar-refractivity contribution in [1.29, 1.82) is 0 Å². The van der Waals surface area contributed by atoms with Crippen LogP contribution in [-0.2, 0) is 6.54 Å². The minimum absolute atomic E-state index is 0.0537. The van der Waals surface area contributed by atoms with Gasteiger partial charge >= 0.3 is 0 Å². The van der Waals surface area contributed by atoms with E-state index in [1.165, 1.54) is 23.5 Å². The van der Waals surface area contributed by atoms with E-state index in [0.717, 1.165) is 22.7 Å². The van der Waals surface area contributed by atoms with Gasteiger partial charge in [0.25, 0.3) is 5.69 Å². The molecule has 1 unspecified atom stereocenters. The lowest BCUT2D eigenvalue weighted by Gasteiger charge is -2.17. The standard InChI is InChI=1S/C16H21N3O3S/c1-11(2)6-13(9-20)17-8-14-10-23-16(18-14)12-4-3-5-15(7-12)19(21)22/h3-5,7,10-11,13,17,20H,6,8-9H2,1-2H3. The lowest BCUT2D eigenvalue weighted by molar-refractivity contribution is -0.384. The molecule has 2 aromatic rings. The van der Waals surface area contributed by atoms with Gasteiger partial charge < -0.3 is 10.4 Å². The molecule has 23 heavy (non-hydrogen) atoms. The van der Waals surface area contributed by atoms with Crippen LogP contribution in [0.4, 0.5) is 5.69 Å². The summed E-state index contributed by atoms with van der Waals surface area (Å²) < 4.78 is 0. The fourth-order valence-electron chi connectivity index (χ4n) is 2.31. The van der Waals surface area contributed by atoms with E-state index in [1.54, 1.807) is 6.07 Å². The van der Waals surface area contributed by atoms with Crippen LogP contribution in [0.5, 0.6) is 0 Å². The van der Waals surface area contributed by atoms with Crippen LogP contribution in [0.15, 0.2) is 29.6 Å². The van der Waals surface area contributed by atoms with E-state index in [1.807, 2.05) is 11.4 Å². The number of nitro groups is 1. The molecule has 1 atom stereocenters. The Labute approximate surface area is 139 Å². The summed E-state index contributed by atoms with van der Waals surface area (Å²) in [6, 6.07) is 6.54. The summed E-state index contributed by atoms with van der Waals surface area (Å²) in [5.74, 6) is 0.510. The van der Waals surface area contributed by atoms with E-state index in [0.29, 0.717) is 12.5 Å². The minimum atomic E-state index is -0.405. The van der Waals surface area contributed by atoms with Crippen LogP contribution in [0.3, 0.4) is 0 Å². The zero-order valence-corrected chi connectivity index (χ0v) is 14.0. The van der Waals surface area contributed by atoms with Crippen molar-refractivity contribution >= 4 is 17.0 Å². The first kappa shape index (κ1) is 17.5. The number of rotatable bonds is 8. The second-order valence-corrected chi connectivity index (χ2v) is 6.70. The predicted molar refractivity (Wildman–Crippen MR) is 91.4 cm³/mol. The number of nitrogens with zero attached hydrogens (tertiary/aromatic N) is 2. The highest BCUT2D eigenvalue weighted by atomic mass is 32.1. The molecule has 0 aliphatic heterocycles. The molecular formula is C16H21N3O3S. The van der Waals surface area contributed by atoms with Gasteiger partial charge in [-0.05, 0) is 12.3 Å². The number of aromatic nitrogens is 1. The van der Waals surface area contributed by atoms with Crippen LogP contribution >= 0.6 is 11.3 Å². The molecule has 0 aliphatic carbocycles. The Balaban J connectivity index is 2.03. The molecule has 0 saturated carbocycles. The molecule has 0 radical (unpaired) electrons. The molecule has 1 heterocycles. The molecule has 0 bridgehead atoms. The first-order chi connectivity index (χ1) is 11.0. The number of nitrogens with one attached hydrogen (secondary N) is 1. The smallest absolute Gasteiger partial charge is 0.270 e. The van der Waals surface area contributed by atoms with Crippen molar-refractivity contribution in [2.24, 2.45) is 5.92 Å². The van der Waals surface area contributed by atoms with Crippen molar-refractivity contribution in [2.75, 3.05) is 6.61 Å². The molecule has 1 aromatic heterocycles. The number of aliphatic hydroxyl groups excluding tert-OH is 1. The lowest BCUT2D eigenvalue weighted by Crippen LogP contribution is -2.33. The van der Waals surface area contributed by atoms with Gasteiger partial charge in [0.1, 0.15) is 5.01 Å². The zero-order chi connectivity index (χ0) is 16.8. The Morgan fingerprint density at radius 1 is 1.43 bits per heavy atom. The average Bonchev–Trinajstić information content (AvgIpc) is 3.00. The summed E-state index contributed by atoms with van der Waals surface area (Å²) in [5, 5.41) is 26.2. The zero-order valence-electron chi connectivity index (χ0n) is 13.2. The number of benzene rings is 1. The summed E-state index contributed by atoms with van der Waals surface area (Å²) in [7, 11) is 0. The van der Waals surface area contributed by atoms with Crippen molar-refractivity contribution in [3.63, 3.8) is 0 Å². The lowest BCUT2D eigenvalue weighted by atomic mass is 10.0. The number of thiazole rings is 1. The van der Waals surface area contributed by atoms with Crippen LogP contribution in [0.1, 0.15) is 26.0 Å². The van der Waals surface area contributed by atoms with Gasteiger partial charge in [0, 0.05) is 35.7 Å². The summed E-state index contributed by atoms with van der Waals surface area (Å²) in [4.78, 5) is 15.0. The van der Waals surface area contributed by atoms with Crippen LogP contribution in [0.2, 0.25) is 0 Å². The average molecular weight is 335 g/mol. The Kier molecular flexibility index (Phi) is 6.20. The molecule has 0 aliphatic rings. The molecule has 0 fully saturated rings. The molecule has 2 N–H and O–H groups in total. The first-order valence-electron chi connectivity index (χ1n) is 7.53. The van der Waals surface area contributed by atoms with Gasteiger partial charge in [-0.15, -0.1) is 11.3 Å². The topological polar surface area (TPSA) is 88.3 Å². The fraction of sp³-hybridized carbons (Fsp3) is 0.438. The summed E-state index contributed by atoms with van der Waals surface area (Å²) in [5.41, 5.74) is 1.68. The number of aliphatic hydroxyl groups is 1. The van der Waals surface area contributed by atoms with Crippen molar-refractivity contribution < 1.29 is 10.0 Å². The highest BCUT2D eigenvalue weighted by Crippen LogP contribution is 2.26. The van der Waals surface area contributed by atoms with Gasteiger partial charge in [0.15, 0.2) is 0 Å². The normalized spacial score (nSPS) is 12.5. The maximum absolute atomic E-state index is 10.8. The van der Waals surface area contributed by atoms with Gasteiger partial charge in [-0.3, -0.25) is 10.1 Å². The third-order valence-corrected chi connectivity index (χ3v) is 4.34. The van der Waals surface area contributed by atoms with Crippen molar-refractivity contribution in [3.05, 3.63) is 45.5 Å². The fourth-order valence-corrected chi connectivity index (χ4v) is 3.13. The maximum atomic E-state index is 10.8. The molecule has 1 aromatic carbocycles. The predicted octanol–water partition coefficient (Wildman–Crippen LogP) is 3.21.